The van der Waals surface area contributed by atoms with Crippen LogP contribution < -0.4 is 43.4 Å². The average molecular weight is 912 g/mol. The zero-order valence-corrected chi connectivity index (χ0v) is 40.5. The van der Waals surface area contributed by atoms with Crippen molar-refractivity contribution >= 4 is 86.3 Å². The van der Waals surface area contributed by atoms with E-state index in [0.717, 1.165) is 39.6 Å². The first kappa shape index (κ1) is 40.7. The third kappa shape index (κ3) is 6.38. The molecule has 2 aliphatic heterocycles. The van der Waals surface area contributed by atoms with Crippen molar-refractivity contribution in [2.45, 2.75) is 52.4 Å². The number of ether oxygens (including phenoxy) is 2. The molecule has 2 aliphatic rings. The van der Waals surface area contributed by atoms with Gasteiger partial charge in [-0.25, -0.2) is 0 Å². The Kier molecular flexibility index (Phi) is 9.32. The summed E-state index contributed by atoms with van der Waals surface area (Å²) in [6, 6.07) is 75.5. The minimum absolute atomic E-state index is 0.00825. The topological polar surface area (TPSA) is 18.5 Å². The molecule has 0 saturated heterocycles. The molecule has 0 unspecified atom stereocenters. The fraction of sp³-hybridized carbons (Fsp3) is 0.129. The molecule has 0 saturated carbocycles. The second-order valence-electron chi connectivity index (χ2n) is 20.4. The first-order chi connectivity index (χ1) is 32.0. The van der Waals surface area contributed by atoms with Gasteiger partial charge in [-0.3, -0.25) is 0 Å². The third-order valence-electron chi connectivity index (χ3n) is 14.4. The summed E-state index contributed by atoms with van der Waals surface area (Å²) in [6.07, 6.45) is 0. The normalized spacial score (nSPS) is 13.2. The number of hydrogen-bond donors (Lipinski definition) is 0. The maximum absolute atomic E-state index is 6.97. The van der Waals surface area contributed by atoms with Crippen molar-refractivity contribution in [2.24, 2.45) is 0 Å². The Bertz CT molecular complexity index is 3280. The van der Waals surface area contributed by atoms with Gasteiger partial charge in [-0.05, 0) is 10.8 Å². The Balaban J connectivity index is 1.08. The molecule has 66 heavy (non-hydrogen) atoms. The van der Waals surface area contributed by atoms with E-state index >= 15 is 0 Å². The molecule has 4 heteroatoms. The molecule has 0 bridgehead atoms. The molecule has 0 radical (unpaired) electrons. The van der Waals surface area contributed by atoms with Gasteiger partial charge >= 0.3 is 341 Å². The predicted molar refractivity (Wildman–Crippen MR) is 283 cm³/mol. The van der Waals surface area contributed by atoms with Crippen molar-refractivity contribution in [1.82, 2.24) is 0 Å². The van der Waals surface area contributed by atoms with Gasteiger partial charge in [-0.2, -0.15) is 0 Å². The second kappa shape index (κ2) is 15.1. The predicted octanol–water partition coefficient (Wildman–Crippen LogP) is 11.5. The van der Waals surface area contributed by atoms with Crippen molar-refractivity contribution in [3.8, 4) is 34.1 Å². The fourth-order valence-electron chi connectivity index (χ4n) is 11.1. The van der Waals surface area contributed by atoms with Crippen LogP contribution in [0.5, 0.6) is 23.0 Å². The summed E-state index contributed by atoms with van der Waals surface area (Å²) in [5, 5.41) is 7.72. The van der Waals surface area contributed by atoms with Crippen molar-refractivity contribution in [3.63, 3.8) is 0 Å². The molecule has 2 nitrogen and oxygen atoms in total. The van der Waals surface area contributed by atoms with E-state index in [4.69, 9.17) is 9.47 Å². The Labute approximate surface area is 391 Å². The first-order valence-electron chi connectivity index (χ1n) is 23.3. The van der Waals surface area contributed by atoms with Gasteiger partial charge in [-0.1, -0.05) is 41.5 Å². The second-order valence-corrected chi connectivity index (χ2v) is 28.2. The van der Waals surface area contributed by atoms with Crippen LogP contribution in [0, 0.1) is 0 Å². The van der Waals surface area contributed by atoms with Crippen LogP contribution in [0.3, 0.4) is 0 Å². The van der Waals surface area contributed by atoms with Gasteiger partial charge in [0.05, 0.1) is 0 Å². The molecule has 10 aromatic rings. The van der Waals surface area contributed by atoms with Gasteiger partial charge in [0.1, 0.15) is 0 Å². The van der Waals surface area contributed by atoms with Crippen molar-refractivity contribution in [3.05, 3.63) is 211 Å². The molecule has 318 valence electrons. The van der Waals surface area contributed by atoms with Crippen LogP contribution in [-0.2, 0) is 10.8 Å². The SMILES string of the molecule is CC(C)(C)c1ccc2c(c1)B1c3cc(C(C)(C)C)ccc3Oc3cc(-c4cc[c]([Ge]([c]5cccc6ccccc56)([c]5cccc6ccccc56)[c]5cccc6ccccc56)cc4)cc(c31)O2. The van der Waals surface area contributed by atoms with Gasteiger partial charge in [-0.15, -0.1) is 0 Å². The number of benzene rings is 10. The van der Waals surface area contributed by atoms with E-state index in [9.17, 15) is 0 Å². The maximum atomic E-state index is 6.97. The quantitative estimate of drug-likeness (QED) is 0.160. The summed E-state index contributed by atoms with van der Waals surface area (Å²) in [5.41, 5.74) is 8.25. The summed E-state index contributed by atoms with van der Waals surface area (Å²) < 4.78 is 19.6. The van der Waals surface area contributed by atoms with E-state index in [2.05, 4.69) is 242 Å². The molecular formula is C62H51BGeO2. The molecule has 0 spiro atoms. The summed E-state index contributed by atoms with van der Waals surface area (Å²) in [4.78, 5) is 0. The number of fused-ring (bicyclic) bond motifs is 7. The Morgan fingerprint density at radius 3 is 1.17 bits per heavy atom. The van der Waals surface area contributed by atoms with E-state index in [1.807, 2.05) is 0 Å². The average Bonchev–Trinajstić information content (AvgIpc) is 3.33. The summed E-state index contributed by atoms with van der Waals surface area (Å²) >= 11 is -3.97. The fourth-order valence-corrected chi connectivity index (χ4v) is 22.4. The molecule has 0 fully saturated rings. The van der Waals surface area contributed by atoms with Crippen LogP contribution in [-0.4, -0.2) is 20.0 Å². The standard InChI is InChI=1S/C62H51BGeO2/c1-61(2,3)45-30-34-56-51(38-45)63-52-39-46(62(4,5)6)31-35-57(52)66-59-37-44(36-58(65-56)60(59)63)40-28-32-47(33-29-40)64(53-25-13-19-41-16-7-10-22-48(41)53,54-26-14-20-42-17-8-11-23-49(42)54)55-27-15-21-43-18-9-12-24-50(43)55/h7-39H,1-6H3. The van der Waals surface area contributed by atoms with E-state index < -0.39 is 13.3 Å². The van der Waals surface area contributed by atoms with Crippen LogP contribution in [0.2, 0.25) is 0 Å². The van der Waals surface area contributed by atoms with Gasteiger partial charge < -0.3 is 0 Å². The minimum atomic E-state index is -3.97. The van der Waals surface area contributed by atoms with Gasteiger partial charge in [0.25, 0.3) is 0 Å². The van der Waals surface area contributed by atoms with E-state index in [0.29, 0.717) is 0 Å². The van der Waals surface area contributed by atoms with Crippen LogP contribution in [0.1, 0.15) is 52.7 Å². The Morgan fingerprint density at radius 2 is 0.758 bits per heavy atom. The van der Waals surface area contributed by atoms with Gasteiger partial charge in [0, 0.05) is 0 Å². The molecule has 0 amide bonds. The molecule has 0 atom stereocenters. The van der Waals surface area contributed by atoms with Gasteiger partial charge in [0.2, 0.25) is 0 Å². The first-order valence-corrected chi connectivity index (χ1v) is 27.5. The molecule has 0 aromatic heterocycles. The van der Waals surface area contributed by atoms with Crippen molar-refractivity contribution < 1.29 is 9.47 Å². The van der Waals surface area contributed by atoms with E-state index in [1.54, 1.807) is 0 Å². The Morgan fingerprint density at radius 1 is 0.364 bits per heavy atom. The van der Waals surface area contributed by atoms with Crippen molar-refractivity contribution in [2.75, 3.05) is 0 Å². The number of hydrogen-bond acceptors (Lipinski definition) is 2. The summed E-state index contributed by atoms with van der Waals surface area (Å²) in [5.74, 6) is 3.53. The van der Waals surface area contributed by atoms with Gasteiger partial charge in [0.15, 0.2) is 0 Å². The van der Waals surface area contributed by atoms with Crippen LogP contribution >= 0.6 is 0 Å². The molecule has 0 aliphatic carbocycles. The molecule has 10 aromatic carbocycles. The molecule has 0 N–H and O–H groups in total. The monoisotopic (exact) mass is 912 g/mol. The zero-order valence-electron chi connectivity index (χ0n) is 38.4. The van der Waals surface area contributed by atoms with E-state index in [-0.39, 0.29) is 17.5 Å². The number of rotatable bonds is 5. The van der Waals surface area contributed by atoms with Crippen molar-refractivity contribution in [1.29, 1.82) is 0 Å². The molecular weight excluding hydrogens is 860 g/mol. The summed E-state index contributed by atoms with van der Waals surface area (Å²) in [6.45, 7) is 13.7. The molecule has 12 rings (SSSR count). The molecule has 2 heterocycles. The third-order valence-corrected chi connectivity index (χ3v) is 24.8. The van der Waals surface area contributed by atoms with Crippen LogP contribution in [0.4, 0.5) is 0 Å². The van der Waals surface area contributed by atoms with Crippen LogP contribution in [0.25, 0.3) is 43.4 Å². The summed E-state index contributed by atoms with van der Waals surface area (Å²) in [7, 11) is 0. The van der Waals surface area contributed by atoms with E-state index in [1.165, 1.54) is 72.0 Å². The Hall–Kier alpha value is -6.81. The zero-order chi connectivity index (χ0) is 45.0. The van der Waals surface area contributed by atoms with Crippen LogP contribution in [0.15, 0.2) is 200 Å².